The molecule has 57 heavy (non-hydrogen) atoms. The topological polar surface area (TPSA) is 38.7 Å². The summed E-state index contributed by atoms with van der Waals surface area (Å²) in [6, 6.07) is 71.0. The van der Waals surface area contributed by atoms with Crippen molar-refractivity contribution in [1.82, 2.24) is 15.0 Å². The standard InChI is InChI=1S/C53H33N3S/c1-5-15-34(16-6-1)41-32-46(36-19-9-3-10-20-36)49-47(33-41)48-45(30-29-44(50(48)57-49)35-17-7-2-8-18-35)53-55-51(38-22-11-4-12-23-38)54-52(56-53)40-27-28-43-39(31-40)26-25-37-21-13-14-24-42(37)43/h1-33H. The van der Waals surface area contributed by atoms with Crippen molar-refractivity contribution in [3.05, 3.63) is 200 Å². The Balaban J connectivity index is 1.21. The molecule has 266 valence electrons. The molecule has 0 saturated heterocycles. The summed E-state index contributed by atoms with van der Waals surface area (Å²) in [4.78, 5) is 15.8. The SMILES string of the molecule is c1ccc(-c2cc(-c3ccccc3)c3sc4c(-c5ccccc5)ccc(-c5nc(-c6ccccc6)nc(-c6ccc7c(ccc8ccccc87)c6)n5)c4c3c2)cc1. The van der Waals surface area contributed by atoms with Crippen molar-refractivity contribution in [3.63, 3.8) is 0 Å². The lowest BCUT2D eigenvalue weighted by atomic mass is 9.93. The van der Waals surface area contributed by atoms with Crippen molar-refractivity contribution >= 4 is 53.1 Å². The van der Waals surface area contributed by atoms with E-state index < -0.39 is 0 Å². The Labute approximate surface area is 334 Å². The molecule has 3 nitrogen and oxygen atoms in total. The number of hydrogen-bond acceptors (Lipinski definition) is 4. The molecule has 0 aliphatic carbocycles. The van der Waals surface area contributed by atoms with Crippen LogP contribution < -0.4 is 0 Å². The average molecular weight is 744 g/mol. The molecular formula is C53H33N3S. The fraction of sp³-hybridized carbons (Fsp3) is 0. The maximum absolute atomic E-state index is 5.35. The number of benzene rings is 9. The summed E-state index contributed by atoms with van der Waals surface area (Å²) in [5.41, 5.74) is 9.98. The highest BCUT2D eigenvalue weighted by Crippen LogP contribution is 2.49. The molecule has 0 atom stereocenters. The number of hydrogen-bond donors (Lipinski definition) is 0. The lowest BCUT2D eigenvalue weighted by Gasteiger charge is -2.13. The van der Waals surface area contributed by atoms with Crippen molar-refractivity contribution < 1.29 is 0 Å². The van der Waals surface area contributed by atoms with Gasteiger partial charge in [-0.2, -0.15) is 0 Å². The van der Waals surface area contributed by atoms with Gasteiger partial charge >= 0.3 is 0 Å². The minimum Gasteiger partial charge on any atom is -0.208 e. The summed E-state index contributed by atoms with van der Waals surface area (Å²) in [7, 11) is 0. The molecule has 0 radical (unpaired) electrons. The van der Waals surface area contributed by atoms with Crippen LogP contribution in [0.5, 0.6) is 0 Å². The second-order valence-electron chi connectivity index (χ2n) is 14.4. The Morgan fingerprint density at radius 2 is 0.825 bits per heavy atom. The van der Waals surface area contributed by atoms with E-state index in [1.54, 1.807) is 0 Å². The van der Waals surface area contributed by atoms with Crippen LogP contribution in [0, 0.1) is 0 Å². The van der Waals surface area contributed by atoms with Gasteiger partial charge < -0.3 is 0 Å². The molecule has 0 amide bonds. The summed E-state index contributed by atoms with van der Waals surface area (Å²) in [6.45, 7) is 0. The van der Waals surface area contributed by atoms with E-state index in [9.17, 15) is 0 Å². The van der Waals surface area contributed by atoms with Gasteiger partial charge in [-0.15, -0.1) is 11.3 Å². The maximum atomic E-state index is 5.35. The zero-order chi connectivity index (χ0) is 37.7. The molecule has 0 unspecified atom stereocenters. The summed E-state index contributed by atoms with van der Waals surface area (Å²) in [5.74, 6) is 1.93. The van der Waals surface area contributed by atoms with Crippen molar-refractivity contribution in [2.45, 2.75) is 0 Å². The van der Waals surface area contributed by atoms with Gasteiger partial charge in [0.05, 0.1) is 0 Å². The monoisotopic (exact) mass is 743 g/mol. The first kappa shape index (κ1) is 33.1. The fourth-order valence-corrected chi connectivity index (χ4v) is 9.52. The third-order valence-electron chi connectivity index (χ3n) is 10.9. The molecule has 0 aliphatic rings. The Bertz CT molecular complexity index is 3270. The molecular weight excluding hydrogens is 711 g/mol. The number of aromatic nitrogens is 3. The summed E-state index contributed by atoms with van der Waals surface area (Å²) in [5, 5.41) is 7.15. The van der Waals surface area contributed by atoms with Crippen LogP contribution in [-0.4, -0.2) is 15.0 Å². The van der Waals surface area contributed by atoms with E-state index in [1.165, 1.54) is 64.3 Å². The zero-order valence-electron chi connectivity index (χ0n) is 30.8. The minimum atomic E-state index is 0.642. The highest BCUT2D eigenvalue weighted by atomic mass is 32.1. The van der Waals surface area contributed by atoms with Gasteiger partial charge in [-0.1, -0.05) is 176 Å². The van der Waals surface area contributed by atoms with Crippen LogP contribution in [0.3, 0.4) is 0 Å². The lowest BCUT2D eigenvalue weighted by molar-refractivity contribution is 1.08. The van der Waals surface area contributed by atoms with Crippen molar-refractivity contribution in [1.29, 1.82) is 0 Å². The van der Waals surface area contributed by atoms with Crippen LogP contribution in [0.2, 0.25) is 0 Å². The van der Waals surface area contributed by atoms with Crippen LogP contribution in [-0.2, 0) is 0 Å². The molecule has 0 spiro atoms. The Morgan fingerprint density at radius 1 is 0.281 bits per heavy atom. The van der Waals surface area contributed by atoms with Crippen molar-refractivity contribution in [3.8, 4) is 67.5 Å². The van der Waals surface area contributed by atoms with Gasteiger partial charge in [0.2, 0.25) is 0 Å². The molecule has 2 heterocycles. The van der Waals surface area contributed by atoms with Gasteiger partial charge in [-0.3, -0.25) is 0 Å². The van der Waals surface area contributed by atoms with E-state index in [2.05, 4.69) is 182 Å². The Hall–Kier alpha value is -7.27. The maximum Gasteiger partial charge on any atom is 0.164 e. The molecule has 11 rings (SSSR count). The molecule has 2 aromatic heterocycles. The number of thiophene rings is 1. The molecule has 0 bridgehead atoms. The minimum absolute atomic E-state index is 0.642. The van der Waals surface area contributed by atoms with Crippen LogP contribution in [0.25, 0.3) is 109 Å². The summed E-state index contributed by atoms with van der Waals surface area (Å²) < 4.78 is 2.44. The zero-order valence-corrected chi connectivity index (χ0v) is 31.6. The highest BCUT2D eigenvalue weighted by Gasteiger charge is 2.22. The number of nitrogens with zero attached hydrogens (tertiary/aromatic N) is 3. The van der Waals surface area contributed by atoms with Gasteiger partial charge in [-0.05, 0) is 73.6 Å². The predicted molar refractivity (Wildman–Crippen MR) is 240 cm³/mol. The molecule has 4 heteroatoms. The summed E-state index contributed by atoms with van der Waals surface area (Å²) >= 11 is 1.85. The molecule has 0 aliphatic heterocycles. The van der Waals surface area contributed by atoms with Crippen molar-refractivity contribution in [2.75, 3.05) is 0 Å². The van der Waals surface area contributed by atoms with E-state index in [0.717, 1.165) is 27.5 Å². The second-order valence-corrected chi connectivity index (χ2v) is 15.4. The molecule has 0 N–H and O–H groups in total. The largest absolute Gasteiger partial charge is 0.208 e. The van der Waals surface area contributed by atoms with E-state index in [-0.39, 0.29) is 0 Å². The molecule has 0 saturated carbocycles. The van der Waals surface area contributed by atoms with E-state index in [0.29, 0.717) is 17.5 Å². The van der Waals surface area contributed by atoms with Gasteiger partial charge in [0, 0.05) is 42.4 Å². The van der Waals surface area contributed by atoms with E-state index in [4.69, 9.17) is 15.0 Å². The highest BCUT2D eigenvalue weighted by molar-refractivity contribution is 7.27. The third kappa shape index (κ3) is 5.86. The summed E-state index contributed by atoms with van der Waals surface area (Å²) in [6.07, 6.45) is 0. The van der Waals surface area contributed by atoms with Gasteiger partial charge in [0.15, 0.2) is 17.5 Å². The van der Waals surface area contributed by atoms with Gasteiger partial charge in [0.25, 0.3) is 0 Å². The van der Waals surface area contributed by atoms with Crippen LogP contribution in [0.4, 0.5) is 0 Å². The normalized spacial score (nSPS) is 11.5. The van der Waals surface area contributed by atoms with Gasteiger partial charge in [0.1, 0.15) is 0 Å². The fourth-order valence-electron chi connectivity index (χ4n) is 8.14. The van der Waals surface area contributed by atoms with Gasteiger partial charge in [-0.25, -0.2) is 15.0 Å². The smallest absolute Gasteiger partial charge is 0.164 e. The first-order valence-electron chi connectivity index (χ1n) is 19.2. The first-order valence-corrected chi connectivity index (χ1v) is 20.0. The third-order valence-corrected chi connectivity index (χ3v) is 12.2. The quantitative estimate of drug-likeness (QED) is 0.159. The van der Waals surface area contributed by atoms with Crippen LogP contribution in [0.1, 0.15) is 0 Å². The number of rotatable bonds is 6. The van der Waals surface area contributed by atoms with E-state index in [1.807, 2.05) is 29.5 Å². The van der Waals surface area contributed by atoms with Crippen molar-refractivity contribution in [2.24, 2.45) is 0 Å². The Kier molecular flexibility index (Phi) is 8.01. The Morgan fingerprint density at radius 3 is 1.54 bits per heavy atom. The lowest BCUT2D eigenvalue weighted by Crippen LogP contribution is -2.00. The number of fused-ring (bicyclic) bond motifs is 6. The predicted octanol–water partition coefficient (Wildman–Crippen LogP) is 14.5. The molecule has 0 fully saturated rings. The second kappa shape index (κ2) is 13.8. The average Bonchev–Trinajstić information content (AvgIpc) is 3.69. The van der Waals surface area contributed by atoms with E-state index >= 15 is 0 Å². The molecule has 11 aromatic rings. The molecule has 9 aromatic carbocycles. The van der Waals surface area contributed by atoms with Crippen LogP contribution in [0.15, 0.2) is 200 Å². The van der Waals surface area contributed by atoms with Crippen LogP contribution >= 0.6 is 11.3 Å². The first-order chi connectivity index (χ1) is 28.2.